The summed E-state index contributed by atoms with van der Waals surface area (Å²) in [5, 5.41) is 2.29. The minimum Gasteiger partial charge on any atom is -0.468 e. The van der Waals surface area contributed by atoms with Crippen molar-refractivity contribution in [3.63, 3.8) is 0 Å². The molecule has 7 aromatic rings. The third-order valence-corrected chi connectivity index (χ3v) is 14.0. The van der Waals surface area contributed by atoms with Gasteiger partial charge in [-0.1, -0.05) is 151 Å². The lowest BCUT2D eigenvalue weighted by molar-refractivity contribution is 0.444. The lowest BCUT2D eigenvalue weighted by atomic mass is 9.37. The molecule has 1 aliphatic carbocycles. The number of furan rings is 2. The van der Waals surface area contributed by atoms with Crippen LogP contribution in [0.3, 0.4) is 0 Å². The second kappa shape index (κ2) is 13.7. The van der Waals surface area contributed by atoms with Gasteiger partial charge >= 0.3 is 6.71 Å². The van der Waals surface area contributed by atoms with Gasteiger partial charge in [0.15, 0.2) is 0 Å². The molecule has 1 saturated carbocycles. The highest BCUT2D eigenvalue weighted by atomic mass is 16.3. The van der Waals surface area contributed by atoms with Crippen molar-refractivity contribution in [1.29, 1.82) is 0 Å². The Morgan fingerprint density at radius 2 is 0.902 bits per heavy atom. The van der Waals surface area contributed by atoms with E-state index in [0.717, 1.165) is 56.0 Å². The van der Waals surface area contributed by atoms with Crippen molar-refractivity contribution in [1.82, 2.24) is 0 Å². The molecule has 0 unspecified atom stereocenters. The van der Waals surface area contributed by atoms with E-state index in [1.54, 1.807) is 0 Å². The van der Waals surface area contributed by atoms with Crippen molar-refractivity contribution in [2.75, 3.05) is 9.80 Å². The average molecular weight is 807 g/mol. The third kappa shape index (κ3) is 6.39. The lowest BCUT2D eigenvalue weighted by Crippen LogP contribution is -2.60. The summed E-state index contributed by atoms with van der Waals surface area (Å²) < 4.78 is 15.0. The smallest absolute Gasteiger partial charge is 0.342 e. The summed E-state index contributed by atoms with van der Waals surface area (Å²) in [7, 11) is 0. The van der Waals surface area contributed by atoms with Crippen LogP contribution in [0, 0.1) is 0 Å². The maximum atomic E-state index is 7.50. The van der Waals surface area contributed by atoms with E-state index in [9.17, 15) is 0 Å². The molecule has 2 aromatic heterocycles. The molecule has 0 spiro atoms. The van der Waals surface area contributed by atoms with Gasteiger partial charge in [-0.15, -0.1) is 0 Å². The normalized spacial score (nSPS) is 16.0. The molecule has 61 heavy (non-hydrogen) atoms. The summed E-state index contributed by atoms with van der Waals surface area (Å²) in [5.74, 6) is 0.494. The van der Waals surface area contributed by atoms with Crippen molar-refractivity contribution in [3.8, 4) is 0 Å². The fourth-order valence-corrected chi connectivity index (χ4v) is 10.6. The van der Waals surface area contributed by atoms with Crippen LogP contribution in [-0.2, 0) is 21.7 Å². The fourth-order valence-electron chi connectivity index (χ4n) is 10.6. The van der Waals surface area contributed by atoms with Gasteiger partial charge in [0.1, 0.15) is 22.5 Å². The van der Waals surface area contributed by atoms with Crippen LogP contribution >= 0.6 is 0 Å². The van der Waals surface area contributed by atoms with Crippen molar-refractivity contribution in [2.24, 2.45) is 0 Å². The van der Waals surface area contributed by atoms with E-state index in [4.69, 9.17) is 8.83 Å². The molecular formula is C56H63BN2O2. The molecule has 4 heterocycles. The molecule has 10 rings (SSSR count). The quantitative estimate of drug-likeness (QED) is 0.167. The number of hydrogen-bond donors (Lipinski definition) is 0. The molecule has 0 amide bonds. The zero-order valence-electron chi connectivity index (χ0n) is 38.6. The number of rotatable bonds is 3. The lowest BCUT2D eigenvalue weighted by Gasteiger charge is -2.41. The monoisotopic (exact) mass is 806 g/mol. The molecule has 2 aliphatic heterocycles. The first-order chi connectivity index (χ1) is 28.8. The van der Waals surface area contributed by atoms with Crippen LogP contribution in [0.2, 0.25) is 0 Å². The SMILES string of the molecule is CC(C)(C)c1ccc(N2c3cc(C4CCCCC4)cc4c3B(c3oc5c(C(C)(C)C)cccc5c32)c2oc3c(C(C)(C)C)cccc3c2N4c2ccc(C(C)(C)C)cc2)cc1. The van der Waals surface area contributed by atoms with Crippen molar-refractivity contribution in [2.45, 2.75) is 143 Å². The number of benzene rings is 5. The maximum absolute atomic E-state index is 7.50. The first kappa shape index (κ1) is 39.9. The van der Waals surface area contributed by atoms with Gasteiger partial charge in [0, 0.05) is 44.6 Å². The largest absolute Gasteiger partial charge is 0.468 e. The van der Waals surface area contributed by atoms with Gasteiger partial charge in [0.25, 0.3) is 0 Å². The van der Waals surface area contributed by atoms with Crippen LogP contribution in [0.15, 0.2) is 106 Å². The Morgan fingerprint density at radius 3 is 1.28 bits per heavy atom. The Morgan fingerprint density at radius 1 is 0.492 bits per heavy atom. The molecule has 312 valence electrons. The van der Waals surface area contributed by atoms with Crippen LogP contribution in [0.1, 0.15) is 149 Å². The van der Waals surface area contributed by atoms with Crippen LogP contribution < -0.4 is 26.6 Å². The molecule has 5 aromatic carbocycles. The number of nitrogens with zero attached hydrogens (tertiary/aromatic N) is 2. The van der Waals surface area contributed by atoms with Crippen molar-refractivity contribution in [3.05, 3.63) is 125 Å². The fraction of sp³-hybridized carbons (Fsp3) is 0.393. The minimum atomic E-state index is -0.258. The topological polar surface area (TPSA) is 32.8 Å². The zero-order chi connectivity index (χ0) is 43.0. The van der Waals surface area contributed by atoms with Crippen LogP contribution in [0.25, 0.3) is 21.9 Å². The third-order valence-electron chi connectivity index (χ3n) is 14.0. The molecule has 4 nitrogen and oxygen atoms in total. The summed E-state index contributed by atoms with van der Waals surface area (Å²) in [6, 6.07) is 37.3. The van der Waals surface area contributed by atoms with E-state index in [-0.39, 0.29) is 28.4 Å². The molecule has 0 bridgehead atoms. The number of fused-ring (bicyclic) bond motifs is 8. The van der Waals surface area contributed by atoms with E-state index in [2.05, 4.69) is 190 Å². The second-order valence-electron chi connectivity index (χ2n) is 22.5. The van der Waals surface area contributed by atoms with Gasteiger partial charge in [-0.2, -0.15) is 0 Å². The average Bonchev–Trinajstić information content (AvgIpc) is 3.79. The highest BCUT2D eigenvalue weighted by Gasteiger charge is 2.51. The maximum Gasteiger partial charge on any atom is 0.342 e. The summed E-state index contributed by atoms with van der Waals surface area (Å²) in [5.41, 5.74) is 18.4. The van der Waals surface area contributed by atoms with E-state index in [1.165, 1.54) is 76.8 Å². The van der Waals surface area contributed by atoms with Gasteiger partial charge in [-0.3, -0.25) is 0 Å². The molecule has 0 N–H and O–H groups in total. The van der Waals surface area contributed by atoms with Crippen molar-refractivity contribution >= 4 is 79.6 Å². The van der Waals surface area contributed by atoms with E-state index < -0.39 is 0 Å². The molecule has 1 fully saturated rings. The highest BCUT2D eigenvalue weighted by Crippen LogP contribution is 2.52. The Balaban J connectivity index is 1.36. The first-order valence-electron chi connectivity index (χ1n) is 22.9. The molecule has 0 atom stereocenters. The number of anilines is 6. The summed E-state index contributed by atoms with van der Waals surface area (Å²) in [6.07, 6.45) is 6.29. The first-order valence-corrected chi connectivity index (χ1v) is 22.9. The molecule has 0 radical (unpaired) electrons. The Bertz CT molecular complexity index is 2640. The zero-order valence-corrected chi connectivity index (χ0v) is 38.6. The van der Waals surface area contributed by atoms with Gasteiger partial charge in [0.2, 0.25) is 0 Å². The van der Waals surface area contributed by atoms with E-state index in [0.29, 0.717) is 5.92 Å². The molecule has 0 saturated heterocycles. The number of para-hydroxylation sites is 2. The van der Waals surface area contributed by atoms with E-state index in [1.807, 2.05) is 0 Å². The van der Waals surface area contributed by atoms with Crippen LogP contribution in [0.5, 0.6) is 0 Å². The van der Waals surface area contributed by atoms with Crippen molar-refractivity contribution < 1.29 is 8.83 Å². The van der Waals surface area contributed by atoms with Gasteiger partial charge < -0.3 is 18.6 Å². The predicted octanol–water partition coefficient (Wildman–Crippen LogP) is 14.5. The van der Waals surface area contributed by atoms with Gasteiger partial charge in [-0.05, 0) is 111 Å². The van der Waals surface area contributed by atoms with Crippen LogP contribution in [-0.4, -0.2) is 6.71 Å². The minimum absolute atomic E-state index is 0.0351. The predicted molar refractivity (Wildman–Crippen MR) is 261 cm³/mol. The van der Waals surface area contributed by atoms with Crippen LogP contribution in [0.4, 0.5) is 34.1 Å². The molecular weight excluding hydrogens is 743 g/mol. The summed E-state index contributed by atoms with van der Waals surface area (Å²) in [4.78, 5) is 5.10. The Kier molecular flexibility index (Phi) is 8.95. The molecule has 5 heteroatoms. The van der Waals surface area contributed by atoms with Gasteiger partial charge in [0.05, 0.1) is 11.4 Å². The highest BCUT2D eigenvalue weighted by molar-refractivity contribution is 6.99. The van der Waals surface area contributed by atoms with E-state index >= 15 is 0 Å². The summed E-state index contributed by atoms with van der Waals surface area (Å²) in [6.45, 7) is 27.3. The second-order valence-corrected chi connectivity index (χ2v) is 22.5. The Hall–Kier alpha value is -5.16. The molecule has 3 aliphatic rings. The standard InChI is InChI=1S/C56H63BN2O2/c1-53(2,3)36-24-28-38(29-25-36)58-44-32-35(34-18-14-13-15-19-34)33-45-46(44)57(51-47(58)40-20-16-22-42(49(40)60-51)55(7,8)9)52-48(41-21-17-23-43(50(41)61-52)56(10,11)12)59(45)39-30-26-37(27-31-39)54(4,5)6/h16-17,20-34H,13-15,18-19H2,1-12H3. The summed E-state index contributed by atoms with van der Waals surface area (Å²) >= 11 is 0. The van der Waals surface area contributed by atoms with Gasteiger partial charge in [-0.25, -0.2) is 0 Å². The Labute approximate surface area is 364 Å². The number of hydrogen-bond acceptors (Lipinski definition) is 4.